The molecule has 3 rings (SSSR count). The molecule has 106 valence electrons. The molecule has 0 aliphatic heterocycles. The molecular weight excluding hydrogens is 269 g/mol. The Balaban J connectivity index is 2.04. The lowest BCUT2D eigenvalue weighted by atomic mass is 10.1. The summed E-state index contributed by atoms with van der Waals surface area (Å²) in [6.07, 6.45) is 0. The second-order valence-electron chi connectivity index (χ2n) is 4.70. The molecule has 1 N–H and O–H groups in total. The third kappa shape index (κ3) is 2.83. The van der Waals surface area contributed by atoms with Gasteiger partial charge in [-0.05, 0) is 17.7 Å². The maximum atomic E-state index is 13.4. The van der Waals surface area contributed by atoms with E-state index in [1.54, 1.807) is 16.8 Å². The number of benzene rings is 2. The molecule has 0 bridgehead atoms. The average Bonchev–Trinajstić information content (AvgIpc) is 2.91. The Morgan fingerprint density at radius 3 is 2.57 bits per heavy atom. The summed E-state index contributed by atoms with van der Waals surface area (Å²) in [6, 6.07) is 16.0. The van der Waals surface area contributed by atoms with Crippen molar-refractivity contribution >= 4 is 0 Å². The molecule has 0 saturated heterocycles. The van der Waals surface area contributed by atoms with Crippen LogP contribution in [0.2, 0.25) is 0 Å². The van der Waals surface area contributed by atoms with Crippen LogP contribution in [0.3, 0.4) is 0 Å². The van der Waals surface area contributed by atoms with Gasteiger partial charge in [-0.15, -0.1) is 5.10 Å². The molecule has 0 amide bonds. The standard InChI is InChI=1S/C16H14FN3O/c17-14-8-4-7-13(9-14)16-15(11-21)18-19-20(16)10-12-5-2-1-3-6-12/h1-9,21H,10-11H2. The minimum Gasteiger partial charge on any atom is -0.390 e. The molecule has 0 radical (unpaired) electrons. The highest BCUT2D eigenvalue weighted by Crippen LogP contribution is 2.23. The van der Waals surface area contributed by atoms with Gasteiger partial charge in [-0.25, -0.2) is 9.07 Å². The third-order valence-corrected chi connectivity index (χ3v) is 3.23. The van der Waals surface area contributed by atoms with Crippen LogP contribution < -0.4 is 0 Å². The Morgan fingerprint density at radius 2 is 1.86 bits per heavy atom. The molecule has 3 aromatic rings. The van der Waals surface area contributed by atoms with E-state index in [1.165, 1.54) is 12.1 Å². The lowest BCUT2D eigenvalue weighted by molar-refractivity contribution is 0.277. The van der Waals surface area contributed by atoms with E-state index in [-0.39, 0.29) is 12.4 Å². The first kappa shape index (κ1) is 13.5. The van der Waals surface area contributed by atoms with Gasteiger partial charge < -0.3 is 5.11 Å². The summed E-state index contributed by atoms with van der Waals surface area (Å²) in [5.74, 6) is -0.330. The van der Waals surface area contributed by atoms with Crippen molar-refractivity contribution in [3.8, 4) is 11.3 Å². The van der Waals surface area contributed by atoms with E-state index in [0.29, 0.717) is 23.5 Å². The minimum absolute atomic E-state index is 0.235. The number of hydrogen-bond acceptors (Lipinski definition) is 3. The highest BCUT2D eigenvalue weighted by Gasteiger charge is 2.15. The predicted octanol–water partition coefficient (Wildman–Crippen LogP) is 2.62. The molecule has 1 aromatic heterocycles. The van der Waals surface area contributed by atoms with Gasteiger partial charge in [0.25, 0.3) is 0 Å². The third-order valence-electron chi connectivity index (χ3n) is 3.23. The van der Waals surface area contributed by atoms with Crippen LogP contribution in [-0.2, 0) is 13.2 Å². The molecule has 0 unspecified atom stereocenters. The molecule has 0 spiro atoms. The molecule has 1 heterocycles. The molecule has 0 atom stereocenters. The summed E-state index contributed by atoms with van der Waals surface area (Å²) >= 11 is 0. The summed E-state index contributed by atoms with van der Waals surface area (Å²) in [5, 5.41) is 17.5. The summed E-state index contributed by atoms with van der Waals surface area (Å²) in [6.45, 7) is 0.278. The van der Waals surface area contributed by atoms with Crippen molar-refractivity contribution in [1.82, 2.24) is 15.0 Å². The van der Waals surface area contributed by atoms with E-state index in [4.69, 9.17) is 0 Å². The first-order valence-electron chi connectivity index (χ1n) is 6.61. The van der Waals surface area contributed by atoms with Gasteiger partial charge in [0.2, 0.25) is 0 Å². The Morgan fingerprint density at radius 1 is 1.05 bits per heavy atom. The summed E-state index contributed by atoms with van der Waals surface area (Å²) < 4.78 is 15.1. The van der Waals surface area contributed by atoms with Gasteiger partial charge in [0.1, 0.15) is 11.5 Å². The molecule has 2 aromatic carbocycles. The zero-order chi connectivity index (χ0) is 14.7. The lowest BCUT2D eigenvalue weighted by Gasteiger charge is -2.08. The summed E-state index contributed by atoms with van der Waals surface area (Å²) in [4.78, 5) is 0. The first-order chi connectivity index (χ1) is 10.3. The van der Waals surface area contributed by atoms with E-state index in [2.05, 4.69) is 10.3 Å². The SMILES string of the molecule is OCc1nnn(Cc2ccccc2)c1-c1cccc(F)c1. The fraction of sp³-hybridized carbons (Fsp3) is 0.125. The van der Waals surface area contributed by atoms with E-state index in [1.807, 2.05) is 30.3 Å². The fourth-order valence-electron chi connectivity index (χ4n) is 2.27. The van der Waals surface area contributed by atoms with Gasteiger partial charge in [0.05, 0.1) is 18.8 Å². The number of rotatable bonds is 4. The van der Waals surface area contributed by atoms with Gasteiger partial charge in [-0.2, -0.15) is 0 Å². The molecule has 0 saturated carbocycles. The van der Waals surface area contributed by atoms with E-state index < -0.39 is 0 Å². The van der Waals surface area contributed by atoms with Crippen LogP contribution in [0.25, 0.3) is 11.3 Å². The molecule has 0 aliphatic rings. The molecule has 0 fully saturated rings. The smallest absolute Gasteiger partial charge is 0.123 e. The first-order valence-corrected chi connectivity index (χ1v) is 6.61. The van der Waals surface area contributed by atoms with Crippen LogP contribution in [0.5, 0.6) is 0 Å². The summed E-state index contributed by atoms with van der Waals surface area (Å²) in [5.41, 5.74) is 2.79. The van der Waals surface area contributed by atoms with Crippen molar-refractivity contribution in [2.45, 2.75) is 13.2 Å². The maximum Gasteiger partial charge on any atom is 0.123 e. The Kier molecular flexibility index (Phi) is 3.75. The van der Waals surface area contributed by atoms with Gasteiger partial charge in [-0.3, -0.25) is 0 Å². The molecule has 0 aliphatic carbocycles. The molecular formula is C16H14FN3O. The highest BCUT2D eigenvalue weighted by atomic mass is 19.1. The predicted molar refractivity (Wildman–Crippen MR) is 76.9 cm³/mol. The van der Waals surface area contributed by atoms with Gasteiger partial charge >= 0.3 is 0 Å². The Labute approximate surface area is 121 Å². The average molecular weight is 283 g/mol. The Hall–Kier alpha value is -2.53. The van der Waals surface area contributed by atoms with Gasteiger partial charge in [-0.1, -0.05) is 47.7 Å². The summed E-state index contributed by atoms with van der Waals surface area (Å²) in [7, 11) is 0. The van der Waals surface area contributed by atoms with Crippen LogP contribution in [-0.4, -0.2) is 20.1 Å². The van der Waals surface area contributed by atoms with E-state index >= 15 is 0 Å². The number of aromatic nitrogens is 3. The highest BCUT2D eigenvalue weighted by molar-refractivity contribution is 5.61. The topological polar surface area (TPSA) is 50.9 Å². The lowest BCUT2D eigenvalue weighted by Crippen LogP contribution is -2.04. The normalized spacial score (nSPS) is 10.8. The van der Waals surface area contributed by atoms with Crippen LogP contribution in [0.4, 0.5) is 4.39 Å². The number of aliphatic hydroxyl groups is 1. The van der Waals surface area contributed by atoms with E-state index in [9.17, 15) is 9.50 Å². The number of halogens is 1. The van der Waals surface area contributed by atoms with Crippen molar-refractivity contribution in [1.29, 1.82) is 0 Å². The molecule has 21 heavy (non-hydrogen) atoms. The number of nitrogens with zero attached hydrogens (tertiary/aromatic N) is 3. The van der Waals surface area contributed by atoms with Crippen LogP contribution >= 0.6 is 0 Å². The molecule has 4 nitrogen and oxygen atoms in total. The second-order valence-corrected chi connectivity index (χ2v) is 4.70. The fourth-order valence-corrected chi connectivity index (χ4v) is 2.27. The van der Waals surface area contributed by atoms with Crippen molar-refractivity contribution < 1.29 is 9.50 Å². The van der Waals surface area contributed by atoms with Crippen LogP contribution in [0.1, 0.15) is 11.3 Å². The van der Waals surface area contributed by atoms with Crippen molar-refractivity contribution in [2.24, 2.45) is 0 Å². The van der Waals surface area contributed by atoms with Gasteiger partial charge in [0.15, 0.2) is 0 Å². The van der Waals surface area contributed by atoms with Gasteiger partial charge in [0, 0.05) is 5.56 Å². The van der Waals surface area contributed by atoms with Crippen LogP contribution in [0, 0.1) is 5.82 Å². The van der Waals surface area contributed by atoms with E-state index in [0.717, 1.165) is 5.56 Å². The largest absolute Gasteiger partial charge is 0.390 e. The van der Waals surface area contributed by atoms with Crippen molar-refractivity contribution in [3.05, 3.63) is 71.7 Å². The second kappa shape index (κ2) is 5.85. The van der Waals surface area contributed by atoms with Crippen LogP contribution in [0.15, 0.2) is 54.6 Å². The maximum absolute atomic E-state index is 13.4. The Bertz CT molecular complexity index is 740. The number of hydrogen-bond donors (Lipinski definition) is 1. The minimum atomic E-state index is -0.330. The molecule has 5 heteroatoms. The quantitative estimate of drug-likeness (QED) is 0.800. The monoisotopic (exact) mass is 283 g/mol. The van der Waals surface area contributed by atoms with Crippen molar-refractivity contribution in [2.75, 3.05) is 0 Å². The zero-order valence-corrected chi connectivity index (χ0v) is 11.3. The number of aliphatic hydroxyl groups excluding tert-OH is 1. The van der Waals surface area contributed by atoms with Crippen molar-refractivity contribution in [3.63, 3.8) is 0 Å². The zero-order valence-electron chi connectivity index (χ0n) is 11.3.